The van der Waals surface area contributed by atoms with Gasteiger partial charge in [0.05, 0.1) is 17.9 Å². The minimum Gasteiger partial charge on any atom is -0.508 e. The Balaban J connectivity index is 1.70. The van der Waals surface area contributed by atoms with Crippen molar-refractivity contribution in [1.29, 1.82) is 0 Å². The summed E-state index contributed by atoms with van der Waals surface area (Å²) in [7, 11) is 0. The van der Waals surface area contributed by atoms with Gasteiger partial charge in [-0.05, 0) is 75.8 Å². The Morgan fingerprint density at radius 3 is 2.41 bits per heavy atom. The van der Waals surface area contributed by atoms with Crippen LogP contribution in [-0.2, 0) is 14.3 Å². The van der Waals surface area contributed by atoms with Gasteiger partial charge >= 0.3 is 17.9 Å². The molecule has 2 atom stereocenters. The Bertz CT molecular complexity index is 1060. The van der Waals surface area contributed by atoms with Crippen LogP contribution in [0.3, 0.4) is 0 Å². The number of aromatic nitrogens is 1. The van der Waals surface area contributed by atoms with Gasteiger partial charge < -0.3 is 20.1 Å². The Morgan fingerprint density at radius 1 is 1.12 bits per heavy atom. The monoisotopic (exact) mass is 468 g/mol. The lowest BCUT2D eigenvalue weighted by molar-refractivity contribution is -0.146. The fourth-order valence-corrected chi connectivity index (χ4v) is 3.91. The second-order valence-corrected chi connectivity index (χ2v) is 9.72. The van der Waals surface area contributed by atoms with Crippen LogP contribution < -0.4 is 10.6 Å². The number of aryl methyl sites for hydroxylation is 1. The first-order valence-electron chi connectivity index (χ1n) is 11.3. The molecule has 3 N–H and O–H groups in total. The molecule has 2 heterocycles. The molecule has 3 amide bonds. The first kappa shape index (κ1) is 25.0. The van der Waals surface area contributed by atoms with E-state index in [1.165, 1.54) is 6.20 Å². The first-order chi connectivity index (χ1) is 15.9. The molecule has 0 bridgehead atoms. The van der Waals surface area contributed by atoms with Crippen LogP contribution in [0.2, 0.25) is 0 Å². The van der Waals surface area contributed by atoms with E-state index < -0.39 is 23.5 Å². The van der Waals surface area contributed by atoms with Crippen molar-refractivity contribution >= 4 is 29.4 Å². The van der Waals surface area contributed by atoms with Crippen LogP contribution in [0, 0.1) is 12.8 Å². The van der Waals surface area contributed by atoms with Gasteiger partial charge in [-0.1, -0.05) is 19.1 Å². The van der Waals surface area contributed by atoms with Crippen molar-refractivity contribution in [2.45, 2.75) is 59.1 Å². The molecule has 9 nitrogen and oxygen atoms in total. The normalized spacial score (nSPS) is 18.2. The van der Waals surface area contributed by atoms with Crippen molar-refractivity contribution < 1.29 is 24.2 Å². The van der Waals surface area contributed by atoms with Crippen LogP contribution in [-0.4, -0.2) is 45.0 Å². The van der Waals surface area contributed by atoms with Crippen LogP contribution >= 0.6 is 0 Å². The van der Waals surface area contributed by atoms with Gasteiger partial charge in [0.25, 0.3) is 0 Å². The van der Waals surface area contributed by atoms with Crippen molar-refractivity contribution in [2.24, 2.45) is 5.92 Å². The summed E-state index contributed by atoms with van der Waals surface area (Å²) in [5.74, 6) is -0.663. The van der Waals surface area contributed by atoms with E-state index in [4.69, 9.17) is 4.74 Å². The van der Waals surface area contributed by atoms with Crippen LogP contribution in [0.25, 0.3) is 0 Å². The number of carbonyl (C=O) groups is 3. The van der Waals surface area contributed by atoms with E-state index in [9.17, 15) is 19.5 Å². The molecule has 2 aromatic rings. The fraction of sp³-hybridized carbons (Fsp3) is 0.440. The quantitative estimate of drug-likeness (QED) is 0.575. The number of nitrogens with one attached hydrogen (secondary N) is 2. The van der Waals surface area contributed by atoms with Gasteiger partial charge in [0.15, 0.2) is 0 Å². The molecule has 34 heavy (non-hydrogen) atoms. The number of aromatic hydroxyl groups is 1. The Morgan fingerprint density at radius 2 is 1.79 bits per heavy atom. The lowest BCUT2D eigenvalue weighted by Gasteiger charge is -2.38. The van der Waals surface area contributed by atoms with Crippen LogP contribution in [0.5, 0.6) is 5.75 Å². The standard InChI is InChI=1S/C25H32N4O5/c1-15-6-11-20(17-7-9-19(30)10-8-17)29(14-15)23(32)22(31)27-18-12-16(2)21(26-13-18)28-24(33)34-25(3,4)5/h7-10,12-13,15,20,30H,6,11,14H2,1-5H3,(H,27,31)(H,26,28,33)/t15-,20+/m1/s1. The number of amides is 3. The second kappa shape index (κ2) is 10.1. The van der Waals surface area contributed by atoms with Crippen molar-refractivity contribution in [3.05, 3.63) is 47.7 Å². The molecule has 182 valence electrons. The lowest BCUT2D eigenvalue weighted by Crippen LogP contribution is -2.46. The molecule has 1 saturated heterocycles. The zero-order valence-electron chi connectivity index (χ0n) is 20.2. The van der Waals surface area contributed by atoms with Crippen molar-refractivity contribution in [1.82, 2.24) is 9.88 Å². The van der Waals surface area contributed by atoms with Gasteiger partial charge in [-0.3, -0.25) is 14.9 Å². The van der Waals surface area contributed by atoms with Crippen molar-refractivity contribution in [2.75, 3.05) is 17.2 Å². The summed E-state index contributed by atoms with van der Waals surface area (Å²) in [6, 6.07) is 8.10. The molecular weight excluding hydrogens is 436 g/mol. The predicted molar refractivity (Wildman–Crippen MR) is 128 cm³/mol. The van der Waals surface area contributed by atoms with Crippen molar-refractivity contribution in [3.8, 4) is 5.75 Å². The van der Waals surface area contributed by atoms with Crippen LogP contribution in [0.1, 0.15) is 57.7 Å². The van der Waals surface area contributed by atoms with Gasteiger partial charge in [-0.25, -0.2) is 9.78 Å². The third-order valence-corrected chi connectivity index (χ3v) is 5.51. The third-order valence-electron chi connectivity index (χ3n) is 5.51. The number of anilines is 2. The Hall–Kier alpha value is -3.62. The van der Waals surface area contributed by atoms with Gasteiger partial charge in [0, 0.05) is 6.54 Å². The van der Waals surface area contributed by atoms with Gasteiger partial charge in [-0.2, -0.15) is 0 Å². The fourth-order valence-electron chi connectivity index (χ4n) is 3.91. The highest BCUT2D eigenvalue weighted by Crippen LogP contribution is 2.34. The number of ether oxygens (including phenoxy) is 1. The highest BCUT2D eigenvalue weighted by molar-refractivity contribution is 6.39. The van der Waals surface area contributed by atoms with E-state index in [-0.39, 0.29) is 17.7 Å². The van der Waals surface area contributed by atoms with E-state index in [1.807, 2.05) is 0 Å². The highest BCUT2D eigenvalue weighted by Gasteiger charge is 2.34. The number of nitrogens with zero attached hydrogens (tertiary/aromatic N) is 2. The molecule has 1 aromatic carbocycles. The summed E-state index contributed by atoms with van der Waals surface area (Å²) in [6.07, 6.45) is 2.42. The molecule has 1 aromatic heterocycles. The average molecular weight is 469 g/mol. The number of phenols is 1. The molecule has 0 aliphatic carbocycles. The maximum Gasteiger partial charge on any atom is 0.413 e. The molecule has 0 spiro atoms. The van der Waals surface area contributed by atoms with Crippen LogP contribution in [0.15, 0.2) is 36.5 Å². The van der Waals surface area contributed by atoms with E-state index in [0.29, 0.717) is 23.6 Å². The van der Waals surface area contributed by atoms with E-state index in [2.05, 4.69) is 22.5 Å². The lowest BCUT2D eigenvalue weighted by atomic mass is 9.90. The molecule has 1 aliphatic heterocycles. The third kappa shape index (κ3) is 6.46. The second-order valence-electron chi connectivity index (χ2n) is 9.72. The Kier molecular flexibility index (Phi) is 7.44. The molecule has 0 saturated carbocycles. The number of pyridine rings is 1. The number of rotatable bonds is 3. The van der Waals surface area contributed by atoms with Crippen LogP contribution in [0.4, 0.5) is 16.3 Å². The molecule has 0 unspecified atom stereocenters. The SMILES string of the molecule is Cc1cc(NC(=O)C(=O)N2C[C@H](C)CC[C@H]2c2ccc(O)cc2)cnc1NC(=O)OC(C)(C)C. The number of benzene rings is 1. The minimum absolute atomic E-state index is 0.149. The van der Waals surface area contributed by atoms with Gasteiger partial charge in [-0.15, -0.1) is 0 Å². The average Bonchev–Trinajstić information content (AvgIpc) is 2.74. The number of phenolic OH excluding ortho intramolecular Hbond substituents is 1. The molecule has 1 aliphatic rings. The maximum absolute atomic E-state index is 13.1. The smallest absolute Gasteiger partial charge is 0.413 e. The summed E-state index contributed by atoms with van der Waals surface area (Å²) in [5, 5.41) is 14.8. The Labute approximate surface area is 199 Å². The first-order valence-corrected chi connectivity index (χ1v) is 11.3. The highest BCUT2D eigenvalue weighted by atomic mass is 16.6. The summed E-state index contributed by atoms with van der Waals surface area (Å²) < 4.78 is 5.23. The topological polar surface area (TPSA) is 121 Å². The molecular formula is C25H32N4O5. The number of hydrogen-bond acceptors (Lipinski definition) is 6. The largest absolute Gasteiger partial charge is 0.508 e. The van der Waals surface area contributed by atoms with Crippen molar-refractivity contribution in [3.63, 3.8) is 0 Å². The molecule has 9 heteroatoms. The predicted octanol–water partition coefficient (Wildman–Crippen LogP) is 4.38. The molecule has 1 fully saturated rings. The van der Waals surface area contributed by atoms with Gasteiger partial charge in [0.2, 0.25) is 0 Å². The summed E-state index contributed by atoms with van der Waals surface area (Å²) >= 11 is 0. The number of likely N-dealkylation sites (tertiary alicyclic amines) is 1. The maximum atomic E-state index is 13.1. The minimum atomic E-state index is -0.757. The summed E-state index contributed by atoms with van der Waals surface area (Å²) in [6.45, 7) is 9.53. The number of carbonyl (C=O) groups excluding carboxylic acids is 3. The zero-order chi connectivity index (χ0) is 25.0. The molecule has 0 radical (unpaired) electrons. The van der Waals surface area contributed by atoms with Gasteiger partial charge in [0.1, 0.15) is 17.2 Å². The van der Waals surface area contributed by atoms with E-state index in [1.54, 1.807) is 62.9 Å². The molecule has 3 rings (SSSR count). The zero-order valence-corrected chi connectivity index (χ0v) is 20.2. The number of piperidine rings is 1. The summed E-state index contributed by atoms with van der Waals surface area (Å²) in [5.41, 5.74) is 1.18. The van der Waals surface area contributed by atoms with E-state index >= 15 is 0 Å². The van der Waals surface area contributed by atoms with E-state index in [0.717, 1.165) is 18.4 Å². The number of hydrogen-bond donors (Lipinski definition) is 3. The summed E-state index contributed by atoms with van der Waals surface area (Å²) in [4.78, 5) is 43.7.